The number of aryl methyl sites for hydroxylation is 3. The number of benzene rings is 3. The Morgan fingerprint density at radius 3 is 2.19 bits per heavy atom. The van der Waals surface area contributed by atoms with Crippen LogP contribution in [0.2, 0.25) is 0 Å². The van der Waals surface area contributed by atoms with E-state index < -0.39 is 0 Å². The molecule has 6 rings (SSSR count). The Morgan fingerprint density at radius 1 is 0.784 bits per heavy atom. The fourth-order valence-electron chi connectivity index (χ4n) is 5.76. The summed E-state index contributed by atoms with van der Waals surface area (Å²) in [5, 5.41) is 2.16. The van der Waals surface area contributed by atoms with Crippen molar-refractivity contribution < 1.29 is 4.42 Å². The first-order valence-corrected chi connectivity index (χ1v) is 13.2. The van der Waals surface area contributed by atoms with Gasteiger partial charge in [0.25, 0.3) is 0 Å². The van der Waals surface area contributed by atoms with Gasteiger partial charge in [0.05, 0.1) is 22.3 Å². The van der Waals surface area contributed by atoms with Gasteiger partial charge in [-0.15, -0.1) is 0 Å². The lowest BCUT2D eigenvalue weighted by Gasteiger charge is -2.23. The molecule has 0 spiro atoms. The van der Waals surface area contributed by atoms with Crippen molar-refractivity contribution in [1.29, 1.82) is 0 Å². The topological polar surface area (TPSA) is 43.9 Å². The van der Waals surface area contributed by atoms with Crippen LogP contribution in [-0.2, 0) is 0 Å². The molecule has 0 aliphatic carbocycles. The molecule has 0 bridgehead atoms. The van der Waals surface area contributed by atoms with Crippen LogP contribution in [0.25, 0.3) is 50.0 Å². The molecule has 0 radical (unpaired) electrons. The van der Waals surface area contributed by atoms with Crippen molar-refractivity contribution >= 4 is 33.0 Å². The van der Waals surface area contributed by atoms with Crippen molar-refractivity contribution in [1.82, 2.24) is 14.5 Å². The van der Waals surface area contributed by atoms with Gasteiger partial charge in [0.1, 0.15) is 17.0 Å². The molecule has 0 aliphatic heterocycles. The van der Waals surface area contributed by atoms with Crippen LogP contribution >= 0.6 is 0 Å². The van der Waals surface area contributed by atoms with Crippen LogP contribution in [0.4, 0.5) is 0 Å². The molecule has 0 atom stereocenters. The van der Waals surface area contributed by atoms with E-state index in [4.69, 9.17) is 14.4 Å². The van der Waals surface area contributed by atoms with Gasteiger partial charge in [0, 0.05) is 28.2 Å². The van der Waals surface area contributed by atoms with Gasteiger partial charge < -0.3 is 4.42 Å². The van der Waals surface area contributed by atoms with Gasteiger partial charge in [-0.25, -0.2) is 4.98 Å². The van der Waals surface area contributed by atoms with Crippen LogP contribution in [0.5, 0.6) is 0 Å². The fraction of sp³-hybridized carbons (Fsp3) is 0.273. The van der Waals surface area contributed by atoms with E-state index >= 15 is 0 Å². The monoisotopic (exact) mass is 487 g/mol. The highest BCUT2D eigenvalue weighted by Crippen LogP contribution is 2.42. The number of hydrogen-bond donors (Lipinski definition) is 0. The summed E-state index contributed by atoms with van der Waals surface area (Å²) in [5.74, 6) is 1.64. The Bertz CT molecular complexity index is 1790. The Hall–Kier alpha value is -3.92. The first kappa shape index (κ1) is 23.5. The van der Waals surface area contributed by atoms with E-state index in [1.54, 1.807) is 0 Å². The Labute approximate surface area is 218 Å². The first-order valence-electron chi connectivity index (χ1n) is 13.2. The third kappa shape index (κ3) is 3.58. The molecule has 0 unspecified atom stereocenters. The number of pyridine rings is 1. The molecule has 0 N–H and O–H groups in total. The molecule has 0 aliphatic rings. The van der Waals surface area contributed by atoms with Crippen molar-refractivity contribution in [3.05, 3.63) is 88.7 Å². The Morgan fingerprint density at radius 2 is 1.49 bits per heavy atom. The summed E-state index contributed by atoms with van der Waals surface area (Å²) in [5.41, 5.74) is 11.8. The van der Waals surface area contributed by atoms with Crippen molar-refractivity contribution in [2.24, 2.45) is 0 Å². The summed E-state index contributed by atoms with van der Waals surface area (Å²) in [6, 6.07) is 21.6. The molecule has 3 aromatic carbocycles. The van der Waals surface area contributed by atoms with E-state index in [0.29, 0.717) is 11.8 Å². The molecule has 0 fully saturated rings. The molecule has 37 heavy (non-hydrogen) atoms. The smallest absolute Gasteiger partial charge is 0.149 e. The number of nitrogens with zero attached hydrogens (tertiary/aromatic N) is 3. The average Bonchev–Trinajstić information content (AvgIpc) is 3.41. The maximum Gasteiger partial charge on any atom is 0.149 e. The van der Waals surface area contributed by atoms with Crippen LogP contribution in [0.3, 0.4) is 0 Å². The highest BCUT2D eigenvalue weighted by atomic mass is 16.3. The number of rotatable bonds is 4. The molecule has 4 heteroatoms. The third-order valence-electron chi connectivity index (χ3n) is 7.49. The summed E-state index contributed by atoms with van der Waals surface area (Å²) in [7, 11) is 0. The zero-order valence-corrected chi connectivity index (χ0v) is 22.7. The van der Waals surface area contributed by atoms with Crippen molar-refractivity contribution in [3.8, 4) is 17.1 Å². The summed E-state index contributed by atoms with van der Waals surface area (Å²) in [6.45, 7) is 15.3. The second-order valence-corrected chi connectivity index (χ2v) is 10.8. The molecule has 4 nitrogen and oxygen atoms in total. The van der Waals surface area contributed by atoms with E-state index in [2.05, 4.69) is 101 Å². The predicted octanol–water partition coefficient (Wildman–Crippen LogP) is 9.16. The zero-order chi connectivity index (χ0) is 26.0. The summed E-state index contributed by atoms with van der Waals surface area (Å²) >= 11 is 0. The van der Waals surface area contributed by atoms with Gasteiger partial charge in [-0.2, -0.15) is 0 Å². The van der Waals surface area contributed by atoms with Gasteiger partial charge in [-0.3, -0.25) is 9.55 Å². The van der Waals surface area contributed by atoms with Crippen LogP contribution in [0, 0.1) is 20.8 Å². The summed E-state index contributed by atoms with van der Waals surface area (Å²) < 4.78 is 9.01. The number of furan rings is 1. The molecule has 3 heterocycles. The number of imidazole rings is 1. The van der Waals surface area contributed by atoms with Gasteiger partial charge in [-0.05, 0) is 61.4 Å². The van der Waals surface area contributed by atoms with Crippen molar-refractivity contribution in [3.63, 3.8) is 0 Å². The minimum absolute atomic E-state index is 0.363. The highest BCUT2D eigenvalue weighted by Gasteiger charge is 2.25. The minimum atomic E-state index is 0.363. The van der Waals surface area contributed by atoms with Crippen molar-refractivity contribution in [2.75, 3.05) is 0 Å². The number of para-hydroxylation sites is 3. The molecule has 186 valence electrons. The van der Waals surface area contributed by atoms with Gasteiger partial charge >= 0.3 is 0 Å². The fourth-order valence-corrected chi connectivity index (χ4v) is 5.76. The van der Waals surface area contributed by atoms with E-state index in [0.717, 1.165) is 61.3 Å². The van der Waals surface area contributed by atoms with E-state index in [-0.39, 0.29) is 0 Å². The van der Waals surface area contributed by atoms with Gasteiger partial charge in [0.2, 0.25) is 0 Å². The summed E-state index contributed by atoms with van der Waals surface area (Å²) in [6.07, 6.45) is 0. The molecule has 0 saturated heterocycles. The molecular formula is C33H33N3O. The largest absolute Gasteiger partial charge is 0.455 e. The molecule has 6 aromatic rings. The van der Waals surface area contributed by atoms with Crippen LogP contribution in [-0.4, -0.2) is 14.5 Å². The lowest BCUT2D eigenvalue weighted by atomic mass is 9.92. The maximum absolute atomic E-state index is 6.63. The molecule has 0 amide bonds. The lowest BCUT2D eigenvalue weighted by Crippen LogP contribution is -2.09. The second kappa shape index (κ2) is 8.58. The number of fused-ring (bicyclic) bond motifs is 4. The minimum Gasteiger partial charge on any atom is -0.455 e. The highest BCUT2D eigenvalue weighted by molar-refractivity contribution is 6.11. The molecule has 3 aromatic heterocycles. The van der Waals surface area contributed by atoms with E-state index in [1.807, 2.05) is 13.0 Å². The predicted molar refractivity (Wildman–Crippen MR) is 154 cm³/mol. The van der Waals surface area contributed by atoms with E-state index in [9.17, 15) is 0 Å². The normalized spacial score (nSPS) is 12.1. The van der Waals surface area contributed by atoms with Gasteiger partial charge in [0.15, 0.2) is 0 Å². The van der Waals surface area contributed by atoms with Crippen LogP contribution < -0.4 is 0 Å². The lowest BCUT2D eigenvalue weighted by molar-refractivity contribution is 0.667. The van der Waals surface area contributed by atoms with Crippen molar-refractivity contribution in [2.45, 2.75) is 60.3 Å². The standard InChI is InChI=1S/C33H33N3O/c1-18(2)23-11-10-12-24(19(3)4)31(23)36-27-14-9-8-13-26(27)35-33(36)29-20(5)15-16-25-30-22(7)34-21(6)17-28(30)37-32(25)29/h8-19H,1-7H3. The zero-order valence-electron chi connectivity index (χ0n) is 22.7. The number of aromatic nitrogens is 3. The maximum atomic E-state index is 6.63. The van der Waals surface area contributed by atoms with E-state index in [1.165, 1.54) is 16.8 Å². The van der Waals surface area contributed by atoms with Crippen LogP contribution in [0.1, 0.15) is 67.6 Å². The third-order valence-corrected chi connectivity index (χ3v) is 7.49. The average molecular weight is 488 g/mol. The molecule has 0 saturated carbocycles. The SMILES string of the molecule is Cc1cc2oc3c(-c4nc5ccccc5n4-c4c(C(C)C)cccc4C(C)C)c(C)ccc3c2c(C)n1. The Kier molecular flexibility index (Phi) is 5.45. The van der Waals surface area contributed by atoms with Crippen LogP contribution in [0.15, 0.2) is 65.1 Å². The number of hydrogen-bond acceptors (Lipinski definition) is 3. The summed E-state index contributed by atoms with van der Waals surface area (Å²) in [4.78, 5) is 10.00. The quantitative estimate of drug-likeness (QED) is 0.249. The first-order chi connectivity index (χ1) is 17.8. The van der Waals surface area contributed by atoms with Gasteiger partial charge in [-0.1, -0.05) is 70.2 Å². The molecular weight excluding hydrogens is 454 g/mol. The Balaban J connectivity index is 1.80. The second-order valence-electron chi connectivity index (χ2n) is 10.8.